The minimum absolute atomic E-state index is 0.0832. The number of hydrogen-bond donors (Lipinski definition) is 1. The van der Waals surface area contributed by atoms with Gasteiger partial charge in [0, 0.05) is 15.7 Å². The molecular weight excluding hydrogens is 443 g/mol. The standard InChI is InChI=1S/C22H20Cl2N2O3S/c1-15-8-9-18(24)13-21(15)26(30(28,29)19-6-4-3-5-7-19)14-22(27)25-20-11-10-17(23)12-16(20)2/h3-13H,14H2,1-2H3,(H,25,27). The van der Waals surface area contributed by atoms with Crippen LogP contribution in [-0.4, -0.2) is 20.9 Å². The third-order valence-electron chi connectivity index (χ3n) is 4.52. The lowest BCUT2D eigenvalue weighted by Gasteiger charge is -2.26. The van der Waals surface area contributed by atoms with E-state index >= 15 is 0 Å². The lowest BCUT2D eigenvalue weighted by atomic mass is 10.2. The number of rotatable bonds is 6. The van der Waals surface area contributed by atoms with Gasteiger partial charge < -0.3 is 5.32 Å². The molecule has 0 saturated carbocycles. The molecule has 0 bridgehead atoms. The highest BCUT2D eigenvalue weighted by atomic mass is 35.5. The summed E-state index contributed by atoms with van der Waals surface area (Å²) >= 11 is 12.1. The molecule has 156 valence electrons. The molecular formula is C22H20Cl2N2O3S. The Labute approximate surface area is 186 Å². The van der Waals surface area contributed by atoms with E-state index in [-0.39, 0.29) is 4.90 Å². The molecule has 0 aromatic heterocycles. The Bertz CT molecular complexity index is 1180. The van der Waals surface area contributed by atoms with Crippen molar-refractivity contribution in [3.8, 4) is 0 Å². The van der Waals surface area contributed by atoms with Crippen LogP contribution in [0, 0.1) is 13.8 Å². The van der Waals surface area contributed by atoms with E-state index in [4.69, 9.17) is 23.2 Å². The van der Waals surface area contributed by atoms with Crippen molar-refractivity contribution in [3.63, 3.8) is 0 Å². The van der Waals surface area contributed by atoms with E-state index in [0.29, 0.717) is 27.0 Å². The van der Waals surface area contributed by atoms with Gasteiger partial charge in [0.15, 0.2) is 0 Å². The van der Waals surface area contributed by atoms with Crippen molar-refractivity contribution in [1.82, 2.24) is 0 Å². The number of sulfonamides is 1. The maximum atomic E-state index is 13.4. The van der Waals surface area contributed by atoms with Crippen LogP contribution in [0.3, 0.4) is 0 Å². The molecule has 0 saturated heterocycles. The summed E-state index contributed by atoms with van der Waals surface area (Å²) < 4.78 is 27.8. The van der Waals surface area contributed by atoms with Gasteiger partial charge in [0.05, 0.1) is 10.6 Å². The number of amides is 1. The SMILES string of the molecule is Cc1cc(Cl)ccc1NC(=O)CN(c1cc(Cl)ccc1C)S(=O)(=O)c1ccccc1. The molecule has 1 amide bonds. The van der Waals surface area contributed by atoms with Crippen molar-refractivity contribution < 1.29 is 13.2 Å². The van der Waals surface area contributed by atoms with E-state index in [1.165, 1.54) is 18.2 Å². The van der Waals surface area contributed by atoms with Gasteiger partial charge in [-0.05, 0) is 67.4 Å². The predicted molar refractivity (Wildman–Crippen MR) is 122 cm³/mol. The zero-order chi connectivity index (χ0) is 21.9. The van der Waals surface area contributed by atoms with Gasteiger partial charge in [-0.3, -0.25) is 9.10 Å². The highest BCUT2D eigenvalue weighted by Crippen LogP contribution is 2.29. The highest BCUT2D eigenvalue weighted by Gasteiger charge is 2.28. The van der Waals surface area contributed by atoms with Crippen molar-refractivity contribution in [2.75, 3.05) is 16.2 Å². The number of halogens is 2. The summed E-state index contributed by atoms with van der Waals surface area (Å²) in [5, 5.41) is 3.68. The molecule has 3 aromatic carbocycles. The average molecular weight is 463 g/mol. The fourth-order valence-corrected chi connectivity index (χ4v) is 4.85. The Balaban J connectivity index is 1.99. The minimum Gasteiger partial charge on any atom is -0.324 e. The van der Waals surface area contributed by atoms with E-state index in [1.807, 2.05) is 0 Å². The third-order valence-corrected chi connectivity index (χ3v) is 6.76. The number of nitrogens with zero attached hydrogens (tertiary/aromatic N) is 1. The first kappa shape index (κ1) is 22.2. The first-order chi connectivity index (χ1) is 14.2. The van der Waals surface area contributed by atoms with Crippen LogP contribution in [-0.2, 0) is 14.8 Å². The summed E-state index contributed by atoms with van der Waals surface area (Å²) in [6.45, 7) is 3.15. The van der Waals surface area contributed by atoms with Crippen LogP contribution in [0.5, 0.6) is 0 Å². The molecule has 0 spiro atoms. The van der Waals surface area contributed by atoms with Crippen LogP contribution < -0.4 is 9.62 Å². The Morgan fingerprint density at radius 3 is 2.20 bits per heavy atom. The molecule has 8 heteroatoms. The van der Waals surface area contributed by atoms with Crippen LogP contribution >= 0.6 is 23.2 Å². The van der Waals surface area contributed by atoms with Crippen LogP contribution in [0.15, 0.2) is 71.6 Å². The van der Waals surface area contributed by atoms with Gasteiger partial charge in [-0.15, -0.1) is 0 Å². The first-order valence-electron chi connectivity index (χ1n) is 9.08. The second-order valence-electron chi connectivity index (χ2n) is 6.76. The first-order valence-corrected chi connectivity index (χ1v) is 11.3. The Morgan fingerprint density at radius 1 is 0.900 bits per heavy atom. The second-order valence-corrected chi connectivity index (χ2v) is 9.50. The van der Waals surface area contributed by atoms with E-state index in [1.54, 1.807) is 62.4 Å². The summed E-state index contributed by atoms with van der Waals surface area (Å²) in [4.78, 5) is 12.9. The van der Waals surface area contributed by atoms with Crippen molar-refractivity contribution in [3.05, 3.63) is 87.9 Å². The molecule has 1 N–H and O–H groups in total. The van der Waals surface area contributed by atoms with Crippen molar-refractivity contribution in [2.24, 2.45) is 0 Å². The van der Waals surface area contributed by atoms with Crippen molar-refractivity contribution in [1.29, 1.82) is 0 Å². The lowest BCUT2D eigenvalue weighted by molar-refractivity contribution is -0.114. The van der Waals surface area contributed by atoms with E-state index in [0.717, 1.165) is 9.87 Å². The maximum absolute atomic E-state index is 13.4. The lowest BCUT2D eigenvalue weighted by Crippen LogP contribution is -2.38. The largest absolute Gasteiger partial charge is 0.324 e. The molecule has 0 aliphatic carbocycles. The predicted octanol–water partition coefficient (Wildman–Crippen LogP) is 5.44. The van der Waals surface area contributed by atoms with Gasteiger partial charge in [-0.2, -0.15) is 0 Å². The van der Waals surface area contributed by atoms with E-state index < -0.39 is 22.5 Å². The molecule has 5 nitrogen and oxygen atoms in total. The summed E-state index contributed by atoms with van der Waals surface area (Å²) in [5.41, 5.74) is 2.35. The second kappa shape index (κ2) is 9.08. The Morgan fingerprint density at radius 2 is 1.53 bits per heavy atom. The van der Waals surface area contributed by atoms with Crippen molar-refractivity contribution >= 4 is 50.5 Å². The molecule has 3 rings (SSSR count). The maximum Gasteiger partial charge on any atom is 0.264 e. The monoisotopic (exact) mass is 462 g/mol. The number of nitrogens with one attached hydrogen (secondary N) is 1. The van der Waals surface area contributed by atoms with Gasteiger partial charge in [0.1, 0.15) is 6.54 Å². The quantitative estimate of drug-likeness (QED) is 0.529. The van der Waals surface area contributed by atoms with E-state index in [9.17, 15) is 13.2 Å². The van der Waals surface area contributed by atoms with Crippen LogP contribution in [0.4, 0.5) is 11.4 Å². The van der Waals surface area contributed by atoms with Crippen LogP contribution in [0.2, 0.25) is 10.0 Å². The van der Waals surface area contributed by atoms with Gasteiger partial charge in [-0.1, -0.05) is 47.5 Å². The molecule has 0 heterocycles. The third kappa shape index (κ3) is 4.95. The van der Waals surface area contributed by atoms with Gasteiger partial charge in [0.25, 0.3) is 10.0 Å². The molecule has 30 heavy (non-hydrogen) atoms. The van der Waals surface area contributed by atoms with Gasteiger partial charge >= 0.3 is 0 Å². The zero-order valence-electron chi connectivity index (χ0n) is 16.4. The average Bonchev–Trinajstić information content (AvgIpc) is 2.71. The molecule has 0 radical (unpaired) electrons. The highest BCUT2D eigenvalue weighted by molar-refractivity contribution is 7.92. The Hall–Kier alpha value is -2.54. The van der Waals surface area contributed by atoms with E-state index in [2.05, 4.69) is 5.32 Å². The fourth-order valence-electron chi connectivity index (χ4n) is 2.96. The number of carbonyl (C=O) groups excluding carboxylic acids is 1. The smallest absolute Gasteiger partial charge is 0.264 e. The summed E-state index contributed by atoms with van der Waals surface area (Å²) in [5.74, 6) is -0.487. The molecule has 0 atom stereocenters. The zero-order valence-corrected chi connectivity index (χ0v) is 18.7. The molecule has 3 aromatic rings. The van der Waals surface area contributed by atoms with Gasteiger partial charge in [-0.25, -0.2) is 8.42 Å². The number of hydrogen-bond acceptors (Lipinski definition) is 3. The number of anilines is 2. The number of aryl methyl sites for hydroxylation is 2. The summed E-state index contributed by atoms with van der Waals surface area (Å²) in [6, 6.07) is 17.9. The Kier molecular flexibility index (Phi) is 6.71. The molecule has 0 aliphatic rings. The normalized spacial score (nSPS) is 11.2. The minimum atomic E-state index is -4.00. The summed E-state index contributed by atoms with van der Waals surface area (Å²) in [6.07, 6.45) is 0. The van der Waals surface area contributed by atoms with Crippen LogP contribution in [0.25, 0.3) is 0 Å². The fraction of sp³-hybridized carbons (Fsp3) is 0.136. The molecule has 0 fully saturated rings. The topological polar surface area (TPSA) is 66.5 Å². The molecule has 0 unspecified atom stereocenters. The van der Waals surface area contributed by atoms with Gasteiger partial charge in [0.2, 0.25) is 5.91 Å². The van der Waals surface area contributed by atoms with Crippen LogP contribution in [0.1, 0.15) is 11.1 Å². The summed E-state index contributed by atoms with van der Waals surface area (Å²) in [7, 11) is -4.00. The molecule has 0 aliphatic heterocycles. The van der Waals surface area contributed by atoms with Crippen molar-refractivity contribution in [2.45, 2.75) is 18.7 Å². The number of carbonyl (C=O) groups is 1. The number of benzene rings is 3.